The van der Waals surface area contributed by atoms with Crippen molar-refractivity contribution in [3.8, 4) is 0 Å². The predicted octanol–water partition coefficient (Wildman–Crippen LogP) is 5.43. The van der Waals surface area contributed by atoms with Gasteiger partial charge in [-0.25, -0.2) is 9.69 Å². The molecule has 1 fully saturated rings. The lowest BCUT2D eigenvalue weighted by atomic mass is 9.93. The number of imide groups is 1. The lowest BCUT2D eigenvalue weighted by Gasteiger charge is -2.33. The van der Waals surface area contributed by atoms with Crippen LogP contribution in [0.25, 0.3) is 0 Å². The van der Waals surface area contributed by atoms with E-state index in [2.05, 4.69) is 39.6 Å². The Morgan fingerprint density at radius 2 is 1.90 bits per heavy atom. The van der Waals surface area contributed by atoms with Crippen LogP contribution in [0.1, 0.15) is 39.7 Å². The minimum atomic E-state index is -1.92. The molecule has 1 aromatic carbocycles. The van der Waals surface area contributed by atoms with Gasteiger partial charge in [-0.3, -0.25) is 4.79 Å². The van der Waals surface area contributed by atoms with Crippen LogP contribution in [0.2, 0.25) is 19.6 Å². The van der Waals surface area contributed by atoms with Gasteiger partial charge in [0.15, 0.2) is 8.32 Å². The molecule has 166 valence electrons. The topological polar surface area (TPSA) is 55.8 Å². The number of nitrogens with zero attached hydrogens (tertiary/aromatic N) is 1. The Kier molecular flexibility index (Phi) is 8.44. The van der Waals surface area contributed by atoms with Crippen molar-refractivity contribution in [1.29, 1.82) is 0 Å². The van der Waals surface area contributed by atoms with Gasteiger partial charge in [0, 0.05) is 0 Å². The second kappa shape index (κ2) is 10.4. The zero-order valence-corrected chi connectivity index (χ0v) is 20.5. The molecule has 0 N–H and O–H groups in total. The van der Waals surface area contributed by atoms with Crippen LogP contribution >= 0.6 is 0 Å². The molecule has 5 nitrogen and oxygen atoms in total. The number of hydrogen-bond donors (Lipinski definition) is 0. The summed E-state index contributed by atoms with van der Waals surface area (Å²) in [6, 6.07) is 9.60. The molecule has 2 amide bonds. The molecule has 1 aliphatic heterocycles. The predicted molar refractivity (Wildman–Crippen MR) is 123 cm³/mol. The van der Waals surface area contributed by atoms with Crippen LogP contribution < -0.4 is 0 Å². The van der Waals surface area contributed by atoms with E-state index in [1.807, 2.05) is 44.2 Å². The van der Waals surface area contributed by atoms with Gasteiger partial charge in [0.25, 0.3) is 0 Å². The van der Waals surface area contributed by atoms with Gasteiger partial charge in [-0.05, 0) is 50.0 Å². The maximum atomic E-state index is 13.5. The van der Waals surface area contributed by atoms with Gasteiger partial charge in [0.1, 0.15) is 6.61 Å². The zero-order valence-electron chi connectivity index (χ0n) is 19.5. The SMILES string of the molecule is CCC(C)/C=C(\C)[C@@H](O[Si](C)(C)C)[C@@H](C)C(=O)N1C(=O)OC[C@@H]1Cc1ccccc1. The number of hydrogen-bond acceptors (Lipinski definition) is 4. The van der Waals surface area contributed by atoms with Crippen LogP contribution in [-0.4, -0.2) is 44.0 Å². The van der Waals surface area contributed by atoms with Crippen LogP contribution in [-0.2, 0) is 20.4 Å². The van der Waals surface area contributed by atoms with E-state index in [0.29, 0.717) is 12.3 Å². The van der Waals surface area contributed by atoms with Crippen molar-refractivity contribution in [2.75, 3.05) is 6.61 Å². The third-order valence-corrected chi connectivity index (χ3v) is 6.44. The number of cyclic esters (lactones) is 1. The maximum absolute atomic E-state index is 13.5. The van der Waals surface area contributed by atoms with Gasteiger partial charge >= 0.3 is 6.09 Å². The fraction of sp³-hybridized carbons (Fsp3) is 0.583. The summed E-state index contributed by atoms with van der Waals surface area (Å²) in [6.07, 6.45) is 2.91. The third kappa shape index (κ3) is 6.54. The number of rotatable bonds is 9. The van der Waals surface area contributed by atoms with Crippen LogP contribution in [0.3, 0.4) is 0 Å². The normalized spacial score (nSPS) is 20.6. The Labute approximate surface area is 182 Å². The van der Waals surface area contributed by atoms with E-state index in [-0.39, 0.29) is 24.7 Å². The Hall–Kier alpha value is -1.92. The number of carbonyl (C=O) groups excluding carboxylic acids is 2. The van der Waals surface area contributed by atoms with E-state index in [0.717, 1.165) is 17.6 Å². The number of allylic oxidation sites excluding steroid dienone is 1. The van der Waals surface area contributed by atoms with Crippen molar-refractivity contribution in [3.63, 3.8) is 0 Å². The molecule has 1 saturated heterocycles. The molecule has 0 radical (unpaired) electrons. The highest BCUT2D eigenvalue weighted by Crippen LogP contribution is 2.27. The molecule has 1 aromatic rings. The summed E-state index contributed by atoms with van der Waals surface area (Å²) in [4.78, 5) is 27.2. The first-order chi connectivity index (χ1) is 14.0. The standard InChI is InChI=1S/C24H37NO4Si/c1-8-17(2)14-18(3)22(29-30(5,6)7)19(4)23(26)25-21(16-28-24(25)27)15-20-12-10-9-11-13-20/h9-14,17,19,21-22H,8,15-16H2,1-7H3/b18-14+/t17?,19-,21+,22-/m1/s1. The van der Waals surface area contributed by atoms with Gasteiger partial charge in [-0.1, -0.05) is 63.6 Å². The summed E-state index contributed by atoms with van der Waals surface area (Å²) in [6.45, 7) is 14.8. The summed E-state index contributed by atoms with van der Waals surface area (Å²) >= 11 is 0. The molecule has 0 aliphatic carbocycles. The Morgan fingerprint density at radius 3 is 2.47 bits per heavy atom. The fourth-order valence-electron chi connectivity index (χ4n) is 3.75. The molecule has 2 rings (SSSR count). The maximum Gasteiger partial charge on any atom is 0.416 e. The Morgan fingerprint density at radius 1 is 1.27 bits per heavy atom. The Bertz CT molecular complexity index is 756. The van der Waals surface area contributed by atoms with Gasteiger partial charge in [0.2, 0.25) is 5.91 Å². The highest BCUT2D eigenvalue weighted by molar-refractivity contribution is 6.69. The Balaban J connectivity index is 2.26. The lowest BCUT2D eigenvalue weighted by molar-refractivity contribution is -0.135. The first-order valence-electron chi connectivity index (χ1n) is 10.9. The van der Waals surface area contributed by atoms with Crippen LogP contribution in [0.5, 0.6) is 0 Å². The summed E-state index contributed by atoms with van der Waals surface area (Å²) in [7, 11) is -1.92. The molecule has 1 heterocycles. The van der Waals surface area contributed by atoms with Gasteiger partial charge in [-0.15, -0.1) is 0 Å². The van der Waals surface area contributed by atoms with Crippen molar-refractivity contribution in [1.82, 2.24) is 4.90 Å². The summed E-state index contributed by atoms with van der Waals surface area (Å²) in [5, 5.41) is 0. The minimum absolute atomic E-state index is 0.224. The third-order valence-electron chi connectivity index (χ3n) is 5.48. The molecule has 1 unspecified atom stereocenters. The number of carbonyl (C=O) groups is 2. The average molecular weight is 432 g/mol. The van der Waals surface area contributed by atoms with E-state index >= 15 is 0 Å². The van der Waals surface area contributed by atoms with Crippen molar-refractivity contribution in [2.24, 2.45) is 11.8 Å². The number of amides is 2. The second-order valence-electron chi connectivity index (χ2n) is 9.36. The highest BCUT2D eigenvalue weighted by Gasteiger charge is 2.42. The molecular formula is C24H37NO4Si. The molecule has 0 bridgehead atoms. The van der Waals surface area contributed by atoms with E-state index in [9.17, 15) is 9.59 Å². The molecule has 30 heavy (non-hydrogen) atoms. The smallest absolute Gasteiger partial charge is 0.416 e. The van der Waals surface area contributed by atoms with E-state index in [1.54, 1.807) is 0 Å². The van der Waals surface area contributed by atoms with Crippen molar-refractivity contribution < 1.29 is 18.8 Å². The summed E-state index contributed by atoms with van der Waals surface area (Å²) in [5.41, 5.74) is 2.13. The van der Waals surface area contributed by atoms with E-state index in [4.69, 9.17) is 9.16 Å². The summed E-state index contributed by atoms with van der Waals surface area (Å²) in [5.74, 6) is -0.290. The lowest BCUT2D eigenvalue weighted by Crippen LogP contribution is -2.48. The quantitative estimate of drug-likeness (QED) is 0.387. The van der Waals surface area contributed by atoms with E-state index in [1.165, 1.54) is 4.90 Å². The van der Waals surface area contributed by atoms with Crippen molar-refractivity contribution in [3.05, 3.63) is 47.5 Å². The van der Waals surface area contributed by atoms with Crippen LogP contribution in [0.15, 0.2) is 42.0 Å². The summed E-state index contributed by atoms with van der Waals surface area (Å²) < 4.78 is 11.7. The van der Waals surface area contributed by atoms with Gasteiger partial charge in [-0.2, -0.15) is 0 Å². The molecule has 0 spiro atoms. The van der Waals surface area contributed by atoms with Crippen molar-refractivity contribution in [2.45, 2.75) is 72.3 Å². The van der Waals surface area contributed by atoms with Crippen LogP contribution in [0.4, 0.5) is 4.79 Å². The van der Waals surface area contributed by atoms with Crippen molar-refractivity contribution >= 4 is 20.3 Å². The molecular weight excluding hydrogens is 394 g/mol. The zero-order chi connectivity index (χ0) is 22.5. The van der Waals surface area contributed by atoms with E-state index < -0.39 is 20.3 Å². The molecule has 1 aliphatic rings. The molecule has 4 atom stereocenters. The molecule has 0 aromatic heterocycles. The highest BCUT2D eigenvalue weighted by atomic mass is 28.4. The van der Waals surface area contributed by atoms with Gasteiger partial charge < -0.3 is 9.16 Å². The number of benzene rings is 1. The second-order valence-corrected chi connectivity index (χ2v) is 13.8. The fourth-order valence-corrected chi connectivity index (χ4v) is 4.90. The monoisotopic (exact) mass is 431 g/mol. The average Bonchev–Trinajstić information content (AvgIpc) is 3.04. The molecule has 6 heteroatoms. The minimum Gasteiger partial charge on any atom is -0.447 e. The largest absolute Gasteiger partial charge is 0.447 e. The first-order valence-corrected chi connectivity index (χ1v) is 14.3. The van der Waals surface area contributed by atoms with Gasteiger partial charge in [0.05, 0.1) is 18.1 Å². The number of ether oxygens (including phenoxy) is 1. The molecule has 0 saturated carbocycles. The first kappa shape index (κ1) is 24.3. The van der Waals surface area contributed by atoms with Crippen LogP contribution in [0, 0.1) is 11.8 Å².